The summed E-state index contributed by atoms with van der Waals surface area (Å²) in [7, 11) is 0. The van der Waals surface area contributed by atoms with E-state index in [0.29, 0.717) is 0 Å². The highest BCUT2D eigenvalue weighted by Gasteiger charge is 2.41. The lowest BCUT2D eigenvalue weighted by Gasteiger charge is -2.35. The average molecular weight is 212 g/mol. The zero-order chi connectivity index (χ0) is 11.8. The standard InChI is InChI=1S/C11H16O4/c1-6(12)8-4-9(7(2)13)11(3,15)5-10(8)14/h9,14-15H,4-5H2,1-3H3. The first-order valence-corrected chi connectivity index (χ1v) is 4.90. The first-order chi connectivity index (χ1) is 6.75. The molecule has 1 aliphatic rings. The van der Waals surface area contributed by atoms with Crippen molar-refractivity contribution < 1.29 is 19.8 Å². The fourth-order valence-corrected chi connectivity index (χ4v) is 2.04. The second kappa shape index (κ2) is 3.77. The number of hydrogen-bond acceptors (Lipinski definition) is 4. The summed E-state index contributed by atoms with van der Waals surface area (Å²) >= 11 is 0. The third kappa shape index (κ3) is 2.26. The van der Waals surface area contributed by atoms with Crippen molar-refractivity contribution in [2.24, 2.45) is 5.92 Å². The normalized spacial score (nSPS) is 31.6. The van der Waals surface area contributed by atoms with Crippen LogP contribution in [0.4, 0.5) is 0 Å². The molecular formula is C11H16O4. The summed E-state index contributed by atoms with van der Waals surface area (Å²) in [5.74, 6) is -1.10. The molecule has 0 radical (unpaired) electrons. The Labute approximate surface area is 88.6 Å². The number of aliphatic hydroxyl groups excluding tert-OH is 1. The van der Waals surface area contributed by atoms with Crippen LogP contribution in [0.5, 0.6) is 0 Å². The molecule has 0 aromatic heterocycles. The Morgan fingerprint density at radius 2 is 1.93 bits per heavy atom. The van der Waals surface area contributed by atoms with Gasteiger partial charge in [-0.1, -0.05) is 0 Å². The van der Waals surface area contributed by atoms with Gasteiger partial charge >= 0.3 is 0 Å². The minimum atomic E-state index is -1.26. The van der Waals surface area contributed by atoms with Gasteiger partial charge in [0, 0.05) is 12.0 Å². The maximum atomic E-state index is 11.3. The van der Waals surface area contributed by atoms with Crippen LogP contribution in [0.3, 0.4) is 0 Å². The van der Waals surface area contributed by atoms with Gasteiger partial charge in [-0.15, -0.1) is 0 Å². The lowest BCUT2D eigenvalue weighted by molar-refractivity contribution is -0.130. The SMILES string of the molecule is CC(=O)C1=C(O)CC(C)(O)C(C(C)=O)C1. The minimum absolute atomic E-state index is 0.0356. The van der Waals surface area contributed by atoms with Gasteiger partial charge in [-0.05, 0) is 27.2 Å². The molecule has 2 atom stereocenters. The fourth-order valence-electron chi connectivity index (χ4n) is 2.04. The van der Waals surface area contributed by atoms with E-state index in [1.54, 1.807) is 0 Å². The van der Waals surface area contributed by atoms with Crippen LogP contribution in [0.2, 0.25) is 0 Å². The maximum Gasteiger partial charge on any atom is 0.159 e. The van der Waals surface area contributed by atoms with E-state index < -0.39 is 11.5 Å². The highest BCUT2D eigenvalue weighted by atomic mass is 16.3. The summed E-state index contributed by atoms with van der Waals surface area (Å²) in [6.45, 7) is 4.24. The molecule has 0 aromatic carbocycles. The lowest BCUT2D eigenvalue weighted by atomic mass is 9.73. The summed E-state index contributed by atoms with van der Waals surface area (Å²) in [4.78, 5) is 22.5. The number of rotatable bonds is 2. The van der Waals surface area contributed by atoms with E-state index >= 15 is 0 Å². The molecule has 0 aromatic rings. The van der Waals surface area contributed by atoms with Crippen molar-refractivity contribution in [3.63, 3.8) is 0 Å². The van der Waals surface area contributed by atoms with E-state index in [0.717, 1.165) is 0 Å². The Bertz CT molecular complexity index is 338. The van der Waals surface area contributed by atoms with E-state index in [1.165, 1.54) is 20.8 Å². The first kappa shape index (κ1) is 11.9. The molecule has 0 aliphatic heterocycles. The summed E-state index contributed by atoms with van der Waals surface area (Å²) in [6.07, 6.45) is 0.0929. The molecule has 4 nitrogen and oxygen atoms in total. The molecule has 0 spiro atoms. The van der Waals surface area contributed by atoms with Crippen molar-refractivity contribution in [3.8, 4) is 0 Å². The van der Waals surface area contributed by atoms with Crippen LogP contribution < -0.4 is 0 Å². The molecule has 0 saturated heterocycles. The van der Waals surface area contributed by atoms with Crippen molar-refractivity contribution in [2.45, 2.75) is 39.2 Å². The van der Waals surface area contributed by atoms with Crippen molar-refractivity contribution in [1.29, 1.82) is 0 Å². The topological polar surface area (TPSA) is 74.6 Å². The van der Waals surface area contributed by atoms with Crippen molar-refractivity contribution in [1.82, 2.24) is 0 Å². The molecule has 15 heavy (non-hydrogen) atoms. The minimum Gasteiger partial charge on any atom is -0.512 e. The van der Waals surface area contributed by atoms with Gasteiger partial charge < -0.3 is 10.2 Å². The Kier molecular flexibility index (Phi) is 3.00. The number of hydrogen-bond donors (Lipinski definition) is 2. The van der Waals surface area contributed by atoms with Gasteiger partial charge in [0.15, 0.2) is 5.78 Å². The molecule has 2 N–H and O–H groups in total. The van der Waals surface area contributed by atoms with E-state index in [9.17, 15) is 19.8 Å². The molecule has 1 aliphatic carbocycles. The largest absolute Gasteiger partial charge is 0.512 e. The number of carbonyl (C=O) groups excluding carboxylic acids is 2. The van der Waals surface area contributed by atoms with Gasteiger partial charge in [-0.25, -0.2) is 0 Å². The summed E-state index contributed by atoms with van der Waals surface area (Å²) < 4.78 is 0. The number of allylic oxidation sites excluding steroid dienone is 1. The zero-order valence-electron chi connectivity index (χ0n) is 9.20. The van der Waals surface area contributed by atoms with Gasteiger partial charge in [0.1, 0.15) is 11.5 Å². The van der Waals surface area contributed by atoms with Gasteiger partial charge in [-0.2, -0.15) is 0 Å². The van der Waals surface area contributed by atoms with E-state index in [-0.39, 0.29) is 35.7 Å². The summed E-state index contributed by atoms with van der Waals surface area (Å²) in [5.41, 5.74) is -0.990. The second-order valence-electron chi connectivity index (χ2n) is 4.38. The van der Waals surface area contributed by atoms with E-state index in [4.69, 9.17) is 0 Å². The van der Waals surface area contributed by atoms with Crippen molar-refractivity contribution >= 4 is 11.6 Å². The van der Waals surface area contributed by atoms with Crippen molar-refractivity contribution in [2.75, 3.05) is 0 Å². The van der Waals surface area contributed by atoms with Crippen LogP contribution in [-0.4, -0.2) is 27.4 Å². The van der Waals surface area contributed by atoms with Gasteiger partial charge in [0.25, 0.3) is 0 Å². The highest BCUT2D eigenvalue weighted by molar-refractivity contribution is 5.95. The molecule has 0 saturated carbocycles. The number of ketones is 2. The molecule has 4 heteroatoms. The molecule has 0 fully saturated rings. The molecule has 1 rings (SSSR count). The highest BCUT2D eigenvalue weighted by Crippen LogP contribution is 2.37. The Morgan fingerprint density at radius 3 is 2.33 bits per heavy atom. The van der Waals surface area contributed by atoms with Crippen LogP contribution in [-0.2, 0) is 9.59 Å². The fraction of sp³-hybridized carbons (Fsp3) is 0.636. The van der Waals surface area contributed by atoms with Gasteiger partial charge in [0.05, 0.1) is 11.5 Å². The van der Waals surface area contributed by atoms with E-state index in [1.807, 2.05) is 0 Å². The third-order valence-electron chi connectivity index (χ3n) is 2.95. The average Bonchev–Trinajstić information content (AvgIpc) is 1.99. The van der Waals surface area contributed by atoms with E-state index in [2.05, 4.69) is 0 Å². The maximum absolute atomic E-state index is 11.3. The van der Waals surface area contributed by atoms with Crippen LogP contribution in [0, 0.1) is 5.92 Å². The Morgan fingerprint density at radius 1 is 1.40 bits per heavy atom. The zero-order valence-corrected chi connectivity index (χ0v) is 9.20. The van der Waals surface area contributed by atoms with Gasteiger partial charge in [0.2, 0.25) is 0 Å². The molecule has 2 unspecified atom stereocenters. The molecule has 0 bridgehead atoms. The Hall–Kier alpha value is -1.16. The third-order valence-corrected chi connectivity index (χ3v) is 2.95. The van der Waals surface area contributed by atoms with Crippen LogP contribution in [0.15, 0.2) is 11.3 Å². The number of Topliss-reactive ketones (excluding diaryl/α,β-unsaturated/α-hetero) is 2. The number of aliphatic hydroxyl groups is 2. The predicted octanol–water partition coefficient (Wildman–Crippen LogP) is 1.14. The quantitative estimate of drug-likeness (QED) is 0.719. The monoisotopic (exact) mass is 212 g/mol. The van der Waals surface area contributed by atoms with Crippen molar-refractivity contribution in [3.05, 3.63) is 11.3 Å². The predicted molar refractivity (Wildman–Crippen MR) is 54.4 cm³/mol. The van der Waals surface area contributed by atoms with Crippen LogP contribution >= 0.6 is 0 Å². The van der Waals surface area contributed by atoms with Crippen LogP contribution in [0.1, 0.15) is 33.6 Å². The second-order valence-corrected chi connectivity index (χ2v) is 4.38. The molecule has 0 amide bonds. The van der Waals surface area contributed by atoms with Gasteiger partial charge in [-0.3, -0.25) is 9.59 Å². The summed E-state index contributed by atoms with van der Waals surface area (Å²) in [5, 5.41) is 19.5. The lowest BCUT2D eigenvalue weighted by Crippen LogP contribution is -2.43. The smallest absolute Gasteiger partial charge is 0.159 e. The molecular weight excluding hydrogens is 196 g/mol. The first-order valence-electron chi connectivity index (χ1n) is 4.90. The number of carbonyl (C=O) groups is 2. The van der Waals surface area contributed by atoms with Crippen LogP contribution in [0.25, 0.3) is 0 Å². The Balaban J connectivity index is 3.08. The molecule has 84 valence electrons. The summed E-state index contributed by atoms with van der Waals surface area (Å²) in [6, 6.07) is 0. The molecule has 0 heterocycles.